The molecule has 0 bridgehead atoms. The molecule has 0 spiro atoms. The molecule has 0 radical (unpaired) electrons. The number of hydrogen-bond acceptors (Lipinski definition) is 3. The van der Waals surface area contributed by atoms with Gasteiger partial charge in [-0.1, -0.05) is 12.1 Å². The van der Waals surface area contributed by atoms with Crippen molar-refractivity contribution >= 4 is 5.95 Å². The van der Waals surface area contributed by atoms with Gasteiger partial charge in [0.2, 0.25) is 5.95 Å². The number of hydrogen-bond donors (Lipinski definition) is 1. The quantitative estimate of drug-likeness (QED) is 0.894. The molecule has 100 valence electrons. The van der Waals surface area contributed by atoms with Gasteiger partial charge in [-0.05, 0) is 37.5 Å². The molecule has 0 atom stereocenters. The number of ether oxygens (including phenoxy) is 1. The average Bonchev–Trinajstić information content (AvgIpc) is 3.20. The molecule has 1 aliphatic rings. The number of aryl methyl sites for hydroxylation is 1. The zero-order valence-electron chi connectivity index (χ0n) is 11.4. The molecule has 1 saturated carbocycles. The van der Waals surface area contributed by atoms with Crippen LogP contribution in [0.15, 0.2) is 30.5 Å². The van der Waals surface area contributed by atoms with Gasteiger partial charge in [-0.15, -0.1) is 0 Å². The second-order valence-corrected chi connectivity index (χ2v) is 5.05. The molecule has 1 aliphatic carbocycles. The normalized spacial score (nSPS) is 14.4. The van der Waals surface area contributed by atoms with Gasteiger partial charge in [-0.25, -0.2) is 4.98 Å². The maximum atomic E-state index is 5.23. The van der Waals surface area contributed by atoms with E-state index in [2.05, 4.69) is 27.1 Å². The first kappa shape index (κ1) is 12.1. The fourth-order valence-electron chi connectivity index (χ4n) is 2.24. The van der Waals surface area contributed by atoms with E-state index in [-0.39, 0.29) is 0 Å². The predicted molar refractivity (Wildman–Crippen MR) is 75.6 cm³/mol. The van der Waals surface area contributed by atoms with Crippen molar-refractivity contribution in [3.63, 3.8) is 0 Å². The molecule has 1 N–H and O–H groups in total. The van der Waals surface area contributed by atoms with Crippen LogP contribution in [0.25, 0.3) is 0 Å². The number of rotatable bonds is 5. The van der Waals surface area contributed by atoms with Crippen molar-refractivity contribution in [2.45, 2.75) is 32.4 Å². The first-order chi connectivity index (χ1) is 9.26. The lowest BCUT2D eigenvalue weighted by Crippen LogP contribution is -2.06. The lowest BCUT2D eigenvalue weighted by atomic mass is 10.2. The third-order valence-electron chi connectivity index (χ3n) is 3.38. The molecule has 0 aliphatic heterocycles. The van der Waals surface area contributed by atoms with E-state index in [1.165, 1.54) is 18.4 Å². The van der Waals surface area contributed by atoms with Crippen LogP contribution in [0.4, 0.5) is 5.95 Å². The lowest BCUT2D eigenvalue weighted by molar-refractivity contribution is 0.414. The number of nitrogens with zero attached hydrogens (tertiary/aromatic N) is 2. The maximum Gasteiger partial charge on any atom is 0.203 e. The Hall–Kier alpha value is -1.97. The average molecular weight is 257 g/mol. The lowest BCUT2D eigenvalue weighted by Gasteiger charge is -2.09. The summed E-state index contributed by atoms with van der Waals surface area (Å²) in [5, 5.41) is 3.42. The molecule has 0 saturated heterocycles. The highest BCUT2D eigenvalue weighted by molar-refractivity contribution is 5.35. The van der Waals surface area contributed by atoms with Crippen LogP contribution in [0.2, 0.25) is 0 Å². The molecule has 1 fully saturated rings. The summed E-state index contributed by atoms with van der Waals surface area (Å²) in [5.41, 5.74) is 2.27. The largest absolute Gasteiger partial charge is 0.497 e. The fourth-order valence-corrected chi connectivity index (χ4v) is 2.24. The fraction of sp³-hybridized carbons (Fsp3) is 0.400. The number of aromatic nitrogens is 2. The highest BCUT2D eigenvalue weighted by Gasteiger charge is 2.26. The highest BCUT2D eigenvalue weighted by Crippen LogP contribution is 2.37. The molecular weight excluding hydrogens is 238 g/mol. The number of methoxy groups -OCH3 is 1. The smallest absolute Gasteiger partial charge is 0.203 e. The summed E-state index contributed by atoms with van der Waals surface area (Å²) >= 11 is 0. The standard InChI is InChI=1S/C15H19N3O/c1-11-10-18(13-6-7-13)15(17-11)16-9-12-4-3-5-14(8-12)19-2/h3-5,8,10,13H,6-7,9H2,1-2H3,(H,16,17). The zero-order valence-corrected chi connectivity index (χ0v) is 11.4. The first-order valence-corrected chi connectivity index (χ1v) is 6.68. The summed E-state index contributed by atoms with van der Waals surface area (Å²) in [6, 6.07) is 8.75. The third-order valence-corrected chi connectivity index (χ3v) is 3.38. The van der Waals surface area contributed by atoms with Gasteiger partial charge in [-0.2, -0.15) is 0 Å². The second kappa shape index (κ2) is 4.96. The minimum Gasteiger partial charge on any atom is -0.497 e. The Balaban J connectivity index is 1.71. The van der Waals surface area contributed by atoms with E-state index < -0.39 is 0 Å². The molecule has 19 heavy (non-hydrogen) atoms. The summed E-state index contributed by atoms with van der Waals surface area (Å²) in [7, 11) is 1.69. The van der Waals surface area contributed by atoms with Gasteiger partial charge in [0.15, 0.2) is 0 Å². The van der Waals surface area contributed by atoms with Crippen molar-refractivity contribution in [1.82, 2.24) is 9.55 Å². The minimum atomic E-state index is 0.647. The SMILES string of the molecule is COc1cccc(CNc2nc(C)cn2C2CC2)c1. The van der Waals surface area contributed by atoms with Crippen molar-refractivity contribution in [1.29, 1.82) is 0 Å². The Kier molecular flexibility index (Phi) is 3.15. The van der Waals surface area contributed by atoms with Gasteiger partial charge >= 0.3 is 0 Å². The van der Waals surface area contributed by atoms with Crippen LogP contribution in [-0.4, -0.2) is 16.7 Å². The molecule has 4 heteroatoms. The van der Waals surface area contributed by atoms with Gasteiger partial charge in [0.25, 0.3) is 0 Å². The van der Waals surface area contributed by atoms with Crippen LogP contribution in [0.5, 0.6) is 5.75 Å². The molecule has 2 aromatic rings. The van der Waals surface area contributed by atoms with E-state index in [4.69, 9.17) is 4.74 Å². The minimum absolute atomic E-state index is 0.647. The molecule has 4 nitrogen and oxygen atoms in total. The molecule has 0 unspecified atom stereocenters. The van der Waals surface area contributed by atoms with Gasteiger partial charge in [0, 0.05) is 18.8 Å². The molecule has 1 heterocycles. The Morgan fingerprint density at radius 1 is 1.42 bits per heavy atom. The molecular formula is C15H19N3O. The van der Waals surface area contributed by atoms with Crippen LogP contribution in [-0.2, 0) is 6.54 Å². The number of anilines is 1. The van der Waals surface area contributed by atoms with E-state index in [1.807, 2.05) is 25.1 Å². The molecule has 1 aromatic heterocycles. The van der Waals surface area contributed by atoms with Crippen molar-refractivity contribution in [3.05, 3.63) is 41.7 Å². The van der Waals surface area contributed by atoms with Crippen molar-refractivity contribution in [2.24, 2.45) is 0 Å². The van der Waals surface area contributed by atoms with E-state index in [1.54, 1.807) is 7.11 Å². The Morgan fingerprint density at radius 3 is 3.00 bits per heavy atom. The third kappa shape index (κ3) is 2.72. The highest BCUT2D eigenvalue weighted by atomic mass is 16.5. The van der Waals surface area contributed by atoms with Crippen LogP contribution in [0.3, 0.4) is 0 Å². The Bertz CT molecular complexity index is 573. The van der Waals surface area contributed by atoms with E-state index in [0.717, 1.165) is 23.9 Å². The van der Waals surface area contributed by atoms with Gasteiger partial charge in [0.05, 0.1) is 12.8 Å². The van der Waals surface area contributed by atoms with Crippen molar-refractivity contribution in [2.75, 3.05) is 12.4 Å². The molecule has 1 aromatic carbocycles. The topological polar surface area (TPSA) is 39.1 Å². The second-order valence-electron chi connectivity index (χ2n) is 5.05. The van der Waals surface area contributed by atoms with Gasteiger partial charge < -0.3 is 14.6 Å². The van der Waals surface area contributed by atoms with Crippen LogP contribution >= 0.6 is 0 Å². The van der Waals surface area contributed by atoms with Gasteiger partial charge in [-0.3, -0.25) is 0 Å². The van der Waals surface area contributed by atoms with Crippen LogP contribution in [0.1, 0.15) is 30.1 Å². The summed E-state index contributed by atoms with van der Waals surface area (Å²) in [6.07, 6.45) is 4.67. The summed E-state index contributed by atoms with van der Waals surface area (Å²) in [6.45, 7) is 2.80. The van der Waals surface area contributed by atoms with E-state index in [9.17, 15) is 0 Å². The Morgan fingerprint density at radius 2 is 2.26 bits per heavy atom. The van der Waals surface area contributed by atoms with Crippen molar-refractivity contribution in [3.8, 4) is 5.75 Å². The zero-order chi connectivity index (χ0) is 13.2. The summed E-state index contributed by atoms with van der Waals surface area (Å²) < 4.78 is 7.49. The van der Waals surface area contributed by atoms with Crippen molar-refractivity contribution < 1.29 is 4.74 Å². The first-order valence-electron chi connectivity index (χ1n) is 6.68. The Labute approximate surface area is 113 Å². The van der Waals surface area contributed by atoms with Gasteiger partial charge in [0.1, 0.15) is 5.75 Å². The number of benzene rings is 1. The van der Waals surface area contributed by atoms with Crippen LogP contribution < -0.4 is 10.1 Å². The van der Waals surface area contributed by atoms with Crippen LogP contribution in [0, 0.1) is 6.92 Å². The molecule has 0 amide bonds. The van der Waals surface area contributed by atoms with E-state index in [0.29, 0.717) is 6.04 Å². The summed E-state index contributed by atoms with van der Waals surface area (Å²) in [5.74, 6) is 1.86. The van der Waals surface area contributed by atoms with E-state index >= 15 is 0 Å². The molecule has 3 rings (SSSR count). The maximum absolute atomic E-state index is 5.23. The summed E-state index contributed by atoms with van der Waals surface area (Å²) in [4.78, 5) is 4.55. The number of nitrogens with one attached hydrogen (secondary N) is 1. The monoisotopic (exact) mass is 257 g/mol. The predicted octanol–water partition coefficient (Wildman–Crippen LogP) is 3.15. The number of imidazole rings is 1.